The van der Waals surface area contributed by atoms with Gasteiger partial charge < -0.3 is 20.2 Å². The van der Waals surface area contributed by atoms with Crippen molar-refractivity contribution in [2.75, 3.05) is 26.2 Å². The summed E-state index contributed by atoms with van der Waals surface area (Å²) in [6.45, 7) is 4.84. The van der Waals surface area contributed by atoms with Crippen molar-refractivity contribution >= 4 is 12.1 Å². The van der Waals surface area contributed by atoms with Crippen LogP contribution < -0.4 is 5.32 Å². The Morgan fingerprint density at radius 1 is 1.12 bits per heavy atom. The number of nitrogens with zero attached hydrogens (tertiary/aromatic N) is 2. The molecule has 0 saturated carbocycles. The molecule has 3 amide bonds. The predicted molar refractivity (Wildman–Crippen MR) is 95.9 cm³/mol. The van der Waals surface area contributed by atoms with Crippen molar-refractivity contribution in [3.8, 4) is 0 Å². The maximum Gasteiger partial charge on any atom is 0.404 e. The van der Waals surface area contributed by atoms with E-state index in [2.05, 4.69) is 36.5 Å². The van der Waals surface area contributed by atoms with Crippen LogP contribution in [0, 0.1) is 0 Å². The molecule has 2 fully saturated rings. The molecule has 25 heavy (non-hydrogen) atoms. The third-order valence-electron chi connectivity index (χ3n) is 5.28. The van der Waals surface area contributed by atoms with E-state index in [-0.39, 0.29) is 18.0 Å². The van der Waals surface area contributed by atoms with Gasteiger partial charge in [-0.3, -0.25) is 0 Å². The number of carboxylic acid groups (broad SMARTS) is 1. The van der Waals surface area contributed by atoms with Crippen LogP contribution in [0.5, 0.6) is 0 Å². The molecule has 6 heteroatoms. The molecular formula is C19H27N3O3. The first kappa shape index (κ1) is 17.6. The SMILES string of the molecule is CCc1ccc(C2CC(NC(=O)O)CN(C(=O)N3CCCC3)C2)cc1. The summed E-state index contributed by atoms with van der Waals surface area (Å²) in [5.74, 6) is 0.156. The van der Waals surface area contributed by atoms with Gasteiger partial charge in [-0.2, -0.15) is 0 Å². The molecule has 2 unspecified atom stereocenters. The Balaban J connectivity index is 1.76. The van der Waals surface area contributed by atoms with Gasteiger partial charge in [-0.15, -0.1) is 0 Å². The van der Waals surface area contributed by atoms with Crippen LogP contribution in [-0.2, 0) is 6.42 Å². The average Bonchev–Trinajstić information content (AvgIpc) is 3.15. The van der Waals surface area contributed by atoms with E-state index in [0.717, 1.165) is 38.8 Å². The number of hydrogen-bond acceptors (Lipinski definition) is 2. The Morgan fingerprint density at radius 2 is 1.80 bits per heavy atom. The third-order valence-corrected chi connectivity index (χ3v) is 5.28. The molecule has 136 valence electrons. The first-order valence-electron chi connectivity index (χ1n) is 9.19. The van der Waals surface area contributed by atoms with E-state index in [4.69, 9.17) is 5.11 Å². The summed E-state index contributed by atoms with van der Waals surface area (Å²) < 4.78 is 0. The second-order valence-electron chi connectivity index (χ2n) is 7.06. The lowest BCUT2D eigenvalue weighted by atomic mass is 9.87. The van der Waals surface area contributed by atoms with E-state index in [9.17, 15) is 9.59 Å². The normalized spacial score (nSPS) is 23.6. The Kier molecular flexibility index (Phi) is 5.46. The number of carbonyl (C=O) groups is 2. The number of carbonyl (C=O) groups excluding carboxylic acids is 1. The van der Waals surface area contributed by atoms with E-state index >= 15 is 0 Å². The molecular weight excluding hydrogens is 318 g/mol. The summed E-state index contributed by atoms with van der Waals surface area (Å²) >= 11 is 0. The van der Waals surface area contributed by atoms with Crippen LogP contribution in [0.25, 0.3) is 0 Å². The fourth-order valence-corrected chi connectivity index (χ4v) is 3.91. The van der Waals surface area contributed by atoms with Gasteiger partial charge in [0.15, 0.2) is 0 Å². The number of rotatable bonds is 3. The summed E-state index contributed by atoms with van der Waals surface area (Å²) in [6.07, 6.45) is 2.80. The molecule has 2 saturated heterocycles. The Hall–Kier alpha value is -2.24. The zero-order valence-electron chi connectivity index (χ0n) is 14.8. The molecule has 0 aliphatic carbocycles. The minimum atomic E-state index is -1.03. The summed E-state index contributed by atoms with van der Waals surface area (Å²) in [6, 6.07) is 8.29. The standard InChI is InChI=1S/C19H27N3O3/c1-2-14-5-7-15(8-6-14)16-11-17(20-18(23)24)13-22(12-16)19(25)21-9-3-4-10-21/h5-8,16-17,20H,2-4,9-13H2,1H3,(H,23,24). The highest BCUT2D eigenvalue weighted by molar-refractivity contribution is 5.75. The summed E-state index contributed by atoms with van der Waals surface area (Å²) in [5, 5.41) is 11.7. The van der Waals surface area contributed by atoms with E-state index < -0.39 is 6.09 Å². The summed E-state index contributed by atoms with van der Waals surface area (Å²) in [7, 11) is 0. The number of urea groups is 1. The fourth-order valence-electron chi connectivity index (χ4n) is 3.91. The zero-order valence-corrected chi connectivity index (χ0v) is 14.8. The van der Waals surface area contributed by atoms with Crippen LogP contribution in [0.15, 0.2) is 24.3 Å². The van der Waals surface area contributed by atoms with Crippen LogP contribution in [0.2, 0.25) is 0 Å². The predicted octanol–water partition coefficient (Wildman–Crippen LogP) is 2.89. The van der Waals surface area contributed by atoms with Crippen molar-refractivity contribution in [2.24, 2.45) is 0 Å². The quantitative estimate of drug-likeness (QED) is 0.885. The monoisotopic (exact) mass is 345 g/mol. The number of nitrogens with one attached hydrogen (secondary N) is 1. The molecule has 6 nitrogen and oxygen atoms in total. The van der Waals surface area contributed by atoms with Gasteiger partial charge in [0.1, 0.15) is 0 Å². The number of benzene rings is 1. The number of aryl methyl sites for hydroxylation is 1. The molecule has 2 atom stereocenters. The molecule has 1 aromatic rings. The number of likely N-dealkylation sites (tertiary alicyclic amines) is 2. The highest BCUT2D eigenvalue weighted by Crippen LogP contribution is 2.28. The van der Waals surface area contributed by atoms with E-state index in [1.807, 2.05) is 9.80 Å². The number of amides is 3. The maximum absolute atomic E-state index is 12.8. The highest BCUT2D eigenvalue weighted by Gasteiger charge is 2.34. The summed E-state index contributed by atoms with van der Waals surface area (Å²) in [4.78, 5) is 27.6. The van der Waals surface area contributed by atoms with Gasteiger partial charge in [-0.1, -0.05) is 31.2 Å². The van der Waals surface area contributed by atoms with E-state index in [1.165, 1.54) is 11.1 Å². The third kappa shape index (κ3) is 4.24. The average molecular weight is 345 g/mol. The molecule has 2 heterocycles. The molecule has 1 aromatic carbocycles. The maximum atomic E-state index is 12.8. The van der Waals surface area contributed by atoms with Crippen LogP contribution in [0.3, 0.4) is 0 Å². The lowest BCUT2D eigenvalue weighted by Crippen LogP contribution is -2.54. The van der Waals surface area contributed by atoms with Crippen molar-refractivity contribution in [3.05, 3.63) is 35.4 Å². The van der Waals surface area contributed by atoms with Gasteiger partial charge in [0.2, 0.25) is 0 Å². The molecule has 3 rings (SSSR count). The largest absolute Gasteiger partial charge is 0.465 e. The van der Waals surface area contributed by atoms with Crippen molar-refractivity contribution in [1.29, 1.82) is 0 Å². The topological polar surface area (TPSA) is 72.9 Å². The molecule has 2 aliphatic heterocycles. The smallest absolute Gasteiger partial charge is 0.404 e. The first-order valence-corrected chi connectivity index (χ1v) is 9.19. The molecule has 0 bridgehead atoms. The molecule has 0 aromatic heterocycles. The van der Waals surface area contributed by atoms with Crippen LogP contribution in [0.1, 0.15) is 43.2 Å². The minimum absolute atomic E-state index is 0.0459. The lowest BCUT2D eigenvalue weighted by Gasteiger charge is -2.39. The van der Waals surface area contributed by atoms with E-state index in [1.54, 1.807) is 0 Å². The van der Waals surface area contributed by atoms with Gasteiger partial charge in [-0.05, 0) is 36.8 Å². The van der Waals surface area contributed by atoms with Crippen molar-refractivity contribution < 1.29 is 14.7 Å². The second-order valence-corrected chi connectivity index (χ2v) is 7.06. The molecule has 0 spiro atoms. The Labute approximate surface area is 148 Å². The first-order chi connectivity index (χ1) is 12.1. The van der Waals surface area contributed by atoms with Crippen LogP contribution >= 0.6 is 0 Å². The van der Waals surface area contributed by atoms with Crippen molar-refractivity contribution in [1.82, 2.24) is 15.1 Å². The fraction of sp³-hybridized carbons (Fsp3) is 0.579. The highest BCUT2D eigenvalue weighted by atomic mass is 16.4. The van der Waals surface area contributed by atoms with E-state index in [0.29, 0.717) is 13.1 Å². The van der Waals surface area contributed by atoms with Gasteiger partial charge in [-0.25, -0.2) is 9.59 Å². The Morgan fingerprint density at radius 3 is 2.40 bits per heavy atom. The zero-order chi connectivity index (χ0) is 17.8. The van der Waals surface area contributed by atoms with Gasteiger partial charge in [0.25, 0.3) is 0 Å². The number of piperidine rings is 1. The molecule has 2 N–H and O–H groups in total. The van der Waals surface area contributed by atoms with Crippen molar-refractivity contribution in [2.45, 2.75) is 44.6 Å². The minimum Gasteiger partial charge on any atom is -0.465 e. The van der Waals surface area contributed by atoms with Crippen LogP contribution in [0.4, 0.5) is 9.59 Å². The lowest BCUT2D eigenvalue weighted by molar-refractivity contribution is 0.130. The van der Waals surface area contributed by atoms with Gasteiger partial charge >= 0.3 is 12.1 Å². The Bertz CT molecular complexity index is 611. The summed E-state index contributed by atoms with van der Waals surface area (Å²) in [5.41, 5.74) is 2.46. The molecule has 0 radical (unpaired) electrons. The van der Waals surface area contributed by atoms with Crippen molar-refractivity contribution in [3.63, 3.8) is 0 Å². The van der Waals surface area contributed by atoms with Gasteiger partial charge in [0.05, 0.1) is 6.04 Å². The second kappa shape index (κ2) is 7.76. The van der Waals surface area contributed by atoms with Crippen LogP contribution in [-0.4, -0.2) is 59.3 Å². The molecule has 2 aliphatic rings. The van der Waals surface area contributed by atoms with Gasteiger partial charge in [0, 0.05) is 32.1 Å². The number of hydrogen-bond donors (Lipinski definition) is 2.